The van der Waals surface area contributed by atoms with Crippen LogP contribution >= 0.6 is 0 Å². The van der Waals surface area contributed by atoms with E-state index in [0.717, 1.165) is 5.56 Å². The Morgan fingerprint density at radius 3 is 2.79 bits per heavy atom. The van der Waals surface area contributed by atoms with Gasteiger partial charge in [-0.3, -0.25) is 10.1 Å². The summed E-state index contributed by atoms with van der Waals surface area (Å²) < 4.78 is 5.56. The largest absolute Gasteiger partial charge is 0.489 e. The number of nitrogens with two attached hydrogens (primary N) is 1. The predicted octanol–water partition coefficient (Wildman–Crippen LogP) is 2.46. The second-order valence-electron chi connectivity index (χ2n) is 4.08. The van der Waals surface area contributed by atoms with Crippen LogP contribution in [0.4, 0.5) is 11.5 Å². The maximum absolute atomic E-state index is 10.7. The van der Waals surface area contributed by atoms with Crippen LogP contribution in [0.3, 0.4) is 0 Å². The lowest BCUT2D eigenvalue weighted by Gasteiger charge is -2.07. The molecule has 19 heavy (non-hydrogen) atoms. The molecule has 0 unspecified atom stereocenters. The van der Waals surface area contributed by atoms with Crippen LogP contribution < -0.4 is 10.5 Å². The molecular weight excluding hydrogens is 246 g/mol. The molecule has 1 aromatic carbocycles. The van der Waals surface area contributed by atoms with Gasteiger partial charge in [0.1, 0.15) is 18.2 Å². The van der Waals surface area contributed by atoms with Gasteiger partial charge >= 0.3 is 0 Å². The van der Waals surface area contributed by atoms with Gasteiger partial charge in [-0.1, -0.05) is 0 Å². The predicted molar refractivity (Wildman–Crippen MR) is 70.8 cm³/mol. The second kappa shape index (κ2) is 5.34. The van der Waals surface area contributed by atoms with Crippen LogP contribution in [-0.4, -0.2) is 9.91 Å². The summed E-state index contributed by atoms with van der Waals surface area (Å²) in [5.74, 6) is 1.01. The third kappa shape index (κ3) is 3.19. The highest BCUT2D eigenvalue weighted by Gasteiger charge is 2.10. The highest BCUT2D eigenvalue weighted by molar-refractivity contribution is 5.44. The molecule has 0 bridgehead atoms. The average molecular weight is 259 g/mol. The van der Waals surface area contributed by atoms with Gasteiger partial charge in [0, 0.05) is 17.8 Å². The Morgan fingerprint density at radius 2 is 2.16 bits per heavy atom. The molecular formula is C13H13N3O3. The first-order valence-electron chi connectivity index (χ1n) is 5.64. The Morgan fingerprint density at radius 1 is 1.37 bits per heavy atom. The monoisotopic (exact) mass is 259 g/mol. The van der Waals surface area contributed by atoms with Gasteiger partial charge in [-0.25, -0.2) is 4.98 Å². The summed E-state index contributed by atoms with van der Waals surface area (Å²) in [5.41, 5.74) is 7.11. The third-order valence-electron chi connectivity index (χ3n) is 2.62. The highest BCUT2D eigenvalue weighted by atomic mass is 16.6. The van der Waals surface area contributed by atoms with Gasteiger partial charge in [0.2, 0.25) is 0 Å². The Labute approximate surface area is 110 Å². The van der Waals surface area contributed by atoms with E-state index in [1.54, 1.807) is 37.4 Å². The van der Waals surface area contributed by atoms with Gasteiger partial charge in [-0.05, 0) is 36.8 Å². The van der Waals surface area contributed by atoms with Crippen molar-refractivity contribution in [1.29, 1.82) is 0 Å². The van der Waals surface area contributed by atoms with Crippen molar-refractivity contribution in [2.45, 2.75) is 13.5 Å². The molecule has 0 aliphatic carbocycles. The van der Waals surface area contributed by atoms with E-state index in [1.807, 2.05) is 0 Å². The SMILES string of the molecule is Cc1cc(OCc2ccnc(N)c2)ccc1[N+](=O)[O-]. The Kier molecular flexibility index (Phi) is 3.61. The van der Waals surface area contributed by atoms with E-state index in [4.69, 9.17) is 10.5 Å². The molecule has 1 heterocycles. The number of hydrogen-bond donors (Lipinski definition) is 1. The van der Waals surface area contributed by atoms with E-state index < -0.39 is 4.92 Å². The number of nitrogens with zero attached hydrogens (tertiary/aromatic N) is 2. The number of anilines is 1. The summed E-state index contributed by atoms with van der Waals surface area (Å²) in [5, 5.41) is 10.7. The molecule has 0 aliphatic rings. The van der Waals surface area contributed by atoms with Crippen LogP contribution in [0.25, 0.3) is 0 Å². The van der Waals surface area contributed by atoms with Gasteiger partial charge in [-0.15, -0.1) is 0 Å². The zero-order valence-electron chi connectivity index (χ0n) is 10.4. The van der Waals surface area contributed by atoms with Crippen LogP contribution in [0.2, 0.25) is 0 Å². The zero-order chi connectivity index (χ0) is 13.8. The number of ether oxygens (including phenoxy) is 1. The van der Waals surface area contributed by atoms with Crippen molar-refractivity contribution in [3.8, 4) is 5.75 Å². The quantitative estimate of drug-likeness (QED) is 0.672. The zero-order valence-corrected chi connectivity index (χ0v) is 10.4. The van der Waals surface area contributed by atoms with Crippen LogP contribution in [0.15, 0.2) is 36.5 Å². The molecule has 1 aromatic heterocycles. The van der Waals surface area contributed by atoms with E-state index >= 15 is 0 Å². The molecule has 2 rings (SSSR count). The number of nitro benzene ring substituents is 1. The van der Waals surface area contributed by atoms with Crippen molar-refractivity contribution in [1.82, 2.24) is 4.98 Å². The Hall–Kier alpha value is -2.63. The summed E-state index contributed by atoms with van der Waals surface area (Å²) in [7, 11) is 0. The molecule has 2 N–H and O–H groups in total. The molecule has 0 fully saturated rings. The van der Waals surface area contributed by atoms with Crippen molar-refractivity contribution < 1.29 is 9.66 Å². The number of aryl methyl sites for hydroxylation is 1. The van der Waals surface area contributed by atoms with Crippen LogP contribution in [-0.2, 0) is 6.61 Å². The fourth-order valence-corrected chi connectivity index (χ4v) is 1.67. The molecule has 0 spiro atoms. The molecule has 0 radical (unpaired) electrons. The normalized spacial score (nSPS) is 10.2. The first kappa shape index (κ1) is 12.8. The minimum Gasteiger partial charge on any atom is -0.489 e. The summed E-state index contributed by atoms with van der Waals surface area (Å²) in [6.45, 7) is 2.01. The van der Waals surface area contributed by atoms with E-state index in [9.17, 15) is 10.1 Å². The number of benzene rings is 1. The fraction of sp³-hybridized carbons (Fsp3) is 0.154. The lowest BCUT2D eigenvalue weighted by molar-refractivity contribution is -0.385. The minimum absolute atomic E-state index is 0.0838. The van der Waals surface area contributed by atoms with E-state index in [0.29, 0.717) is 23.7 Å². The third-order valence-corrected chi connectivity index (χ3v) is 2.62. The summed E-state index contributed by atoms with van der Waals surface area (Å²) in [6, 6.07) is 8.18. The standard InChI is InChI=1S/C13H13N3O3/c1-9-6-11(2-3-12(9)16(17)18)19-8-10-4-5-15-13(14)7-10/h2-7H,8H2,1H3,(H2,14,15). The van der Waals surface area contributed by atoms with Gasteiger partial charge in [0.25, 0.3) is 5.69 Å². The lowest BCUT2D eigenvalue weighted by Crippen LogP contribution is -1.99. The van der Waals surface area contributed by atoms with E-state index in [2.05, 4.69) is 4.98 Å². The van der Waals surface area contributed by atoms with Gasteiger partial charge in [0.05, 0.1) is 4.92 Å². The number of rotatable bonds is 4. The van der Waals surface area contributed by atoms with Crippen molar-refractivity contribution >= 4 is 11.5 Å². The maximum atomic E-state index is 10.7. The van der Waals surface area contributed by atoms with Gasteiger partial charge < -0.3 is 10.5 Å². The number of nitro groups is 1. The second-order valence-corrected chi connectivity index (χ2v) is 4.08. The molecule has 0 saturated carbocycles. The molecule has 2 aromatic rings. The van der Waals surface area contributed by atoms with Gasteiger partial charge in [-0.2, -0.15) is 0 Å². The number of nitrogen functional groups attached to an aromatic ring is 1. The molecule has 0 aliphatic heterocycles. The van der Waals surface area contributed by atoms with Crippen molar-refractivity contribution in [3.05, 3.63) is 57.8 Å². The minimum atomic E-state index is -0.414. The molecule has 6 nitrogen and oxygen atoms in total. The number of aromatic nitrogens is 1. The molecule has 0 atom stereocenters. The number of pyridine rings is 1. The van der Waals surface area contributed by atoms with Crippen LogP contribution in [0, 0.1) is 17.0 Å². The average Bonchev–Trinajstić information content (AvgIpc) is 2.36. The van der Waals surface area contributed by atoms with Gasteiger partial charge in [0.15, 0.2) is 0 Å². The molecule has 6 heteroatoms. The maximum Gasteiger partial charge on any atom is 0.272 e. The highest BCUT2D eigenvalue weighted by Crippen LogP contribution is 2.23. The van der Waals surface area contributed by atoms with E-state index in [1.165, 1.54) is 6.07 Å². The lowest BCUT2D eigenvalue weighted by atomic mass is 10.2. The van der Waals surface area contributed by atoms with E-state index in [-0.39, 0.29) is 5.69 Å². The number of hydrogen-bond acceptors (Lipinski definition) is 5. The fourth-order valence-electron chi connectivity index (χ4n) is 1.67. The van der Waals surface area contributed by atoms with Crippen LogP contribution in [0.1, 0.15) is 11.1 Å². The summed E-state index contributed by atoms with van der Waals surface area (Å²) >= 11 is 0. The Bertz CT molecular complexity index is 614. The Balaban J connectivity index is 2.08. The van der Waals surface area contributed by atoms with Crippen molar-refractivity contribution in [2.24, 2.45) is 0 Å². The summed E-state index contributed by atoms with van der Waals surface area (Å²) in [6.07, 6.45) is 1.61. The van der Waals surface area contributed by atoms with Crippen molar-refractivity contribution in [2.75, 3.05) is 5.73 Å². The van der Waals surface area contributed by atoms with Crippen LogP contribution in [0.5, 0.6) is 5.75 Å². The smallest absolute Gasteiger partial charge is 0.272 e. The molecule has 0 saturated heterocycles. The molecule has 98 valence electrons. The first-order chi connectivity index (χ1) is 9.06. The first-order valence-corrected chi connectivity index (χ1v) is 5.64. The molecule has 0 amide bonds. The summed E-state index contributed by atoms with van der Waals surface area (Å²) in [4.78, 5) is 14.2. The van der Waals surface area contributed by atoms with Crippen molar-refractivity contribution in [3.63, 3.8) is 0 Å². The topological polar surface area (TPSA) is 91.3 Å².